The summed E-state index contributed by atoms with van der Waals surface area (Å²) >= 11 is 1.58. The number of likely N-dealkylation sites (tertiary alicyclic amines) is 1. The van der Waals surface area contributed by atoms with Crippen molar-refractivity contribution in [2.45, 2.75) is 69.0 Å². The van der Waals surface area contributed by atoms with E-state index in [-0.39, 0.29) is 35.5 Å². The molecule has 3 amide bonds. The van der Waals surface area contributed by atoms with Crippen molar-refractivity contribution in [3.8, 4) is 5.75 Å². The molecule has 2 saturated heterocycles. The molecule has 0 bridgehead atoms. The summed E-state index contributed by atoms with van der Waals surface area (Å²) in [7, 11) is 0. The van der Waals surface area contributed by atoms with Crippen LogP contribution in [-0.2, 0) is 14.4 Å². The van der Waals surface area contributed by atoms with Gasteiger partial charge in [-0.2, -0.15) is 0 Å². The van der Waals surface area contributed by atoms with Gasteiger partial charge in [0.05, 0.1) is 35.8 Å². The number of hydrogen-bond acceptors (Lipinski definition) is 6. The third kappa shape index (κ3) is 5.09. The van der Waals surface area contributed by atoms with Gasteiger partial charge in [-0.15, -0.1) is 11.8 Å². The third-order valence-electron chi connectivity index (χ3n) is 8.98. The van der Waals surface area contributed by atoms with Gasteiger partial charge < -0.3 is 24.5 Å². The number of carbonyl (C=O) groups excluding carboxylic acids is 3. The van der Waals surface area contributed by atoms with Gasteiger partial charge in [0.25, 0.3) is 0 Å². The number of carbonyl (C=O) groups is 3. The molecule has 8 nitrogen and oxygen atoms in total. The quantitative estimate of drug-likeness (QED) is 0.333. The fourth-order valence-electron chi connectivity index (χ4n) is 6.98. The van der Waals surface area contributed by atoms with Gasteiger partial charge >= 0.3 is 0 Å². The predicted molar refractivity (Wildman–Crippen MR) is 162 cm³/mol. The molecule has 41 heavy (non-hydrogen) atoms. The highest BCUT2D eigenvalue weighted by atomic mass is 32.2. The summed E-state index contributed by atoms with van der Waals surface area (Å²) in [5, 5.41) is 10.2. The summed E-state index contributed by atoms with van der Waals surface area (Å²) in [6.07, 6.45) is 11.1. The van der Waals surface area contributed by atoms with E-state index >= 15 is 0 Å². The third-order valence-corrected chi connectivity index (χ3v) is 10.7. The second-order valence-electron chi connectivity index (χ2n) is 11.8. The Balaban J connectivity index is 1.55. The maximum Gasteiger partial charge on any atom is 0.247 e. The molecule has 0 aliphatic carbocycles. The highest BCUT2D eigenvalue weighted by Crippen LogP contribution is 2.61. The predicted octanol–water partition coefficient (Wildman–Crippen LogP) is 3.89. The zero-order valence-corrected chi connectivity index (χ0v) is 25.4. The number of nitrogens with zero attached hydrogens (tertiary/aromatic N) is 3. The van der Waals surface area contributed by atoms with E-state index in [1.165, 1.54) is 0 Å². The van der Waals surface area contributed by atoms with Crippen molar-refractivity contribution >= 4 is 35.2 Å². The Labute approximate surface area is 247 Å². The van der Waals surface area contributed by atoms with E-state index in [9.17, 15) is 19.5 Å². The lowest BCUT2D eigenvalue weighted by molar-refractivity contribution is -0.146. The van der Waals surface area contributed by atoms with E-state index in [0.29, 0.717) is 26.2 Å². The van der Waals surface area contributed by atoms with Crippen LogP contribution in [0.25, 0.3) is 0 Å². The molecule has 4 aliphatic heterocycles. The van der Waals surface area contributed by atoms with E-state index < -0.39 is 28.7 Å². The average molecular weight is 582 g/mol. The van der Waals surface area contributed by atoms with E-state index in [4.69, 9.17) is 4.74 Å². The molecular weight excluding hydrogens is 538 g/mol. The van der Waals surface area contributed by atoms with Crippen LogP contribution in [0.2, 0.25) is 0 Å². The van der Waals surface area contributed by atoms with Crippen LogP contribution in [0.15, 0.2) is 48.6 Å². The first kappa shape index (κ1) is 29.7. The second kappa shape index (κ2) is 12.2. The van der Waals surface area contributed by atoms with Crippen LogP contribution in [-0.4, -0.2) is 87.6 Å². The van der Waals surface area contributed by atoms with Crippen molar-refractivity contribution in [2.24, 2.45) is 17.8 Å². The number of amides is 3. The number of rotatable bonds is 10. The molecule has 1 unspecified atom stereocenters. The van der Waals surface area contributed by atoms with Crippen molar-refractivity contribution < 1.29 is 24.2 Å². The first-order valence-corrected chi connectivity index (χ1v) is 15.9. The van der Waals surface area contributed by atoms with Crippen LogP contribution in [0.5, 0.6) is 5.75 Å². The minimum Gasteiger partial charge on any atom is -0.494 e. The smallest absolute Gasteiger partial charge is 0.247 e. The van der Waals surface area contributed by atoms with Crippen LogP contribution in [0.1, 0.15) is 47.0 Å². The van der Waals surface area contributed by atoms with Gasteiger partial charge in [-0.05, 0) is 43.5 Å². The number of unbranched alkanes of at least 4 members (excludes halogenated alkanes) is 2. The van der Waals surface area contributed by atoms with Gasteiger partial charge in [-0.1, -0.05) is 57.9 Å². The second-order valence-corrected chi connectivity index (χ2v) is 13.3. The lowest BCUT2D eigenvalue weighted by Gasteiger charge is -2.39. The maximum absolute atomic E-state index is 14.5. The topological polar surface area (TPSA) is 90.4 Å². The van der Waals surface area contributed by atoms with Crippen LogP contribution in [0.3, 0.4) is 0 Å². The Hall–Kier alpha value is -2.78. The van der Waals surface area contributed by atoms with Crippen LogP contribution >= 0.6 is 11.8 Å². The molecule has 0 aromatic heterocycles. The van der Waals surface area contributed by atoms with Gasteiger partial charge in [0.2, 0.25) is 17.7 Å². The Kier molecular flexibility index (Phi) is 8.85. The summed E-state index contributed by atoms with van der Waals surface area (Å²) in [6, 6.07) is 6.19. The van der Waals surface area contributed by atoms with Gasteiger partial charge in [0.1, 0.15) is 11.8 Å². The molecule has 9 heteroatoms. The molecule has 1 aromatic rings. The number of aliphatic hydroxyl groups is 1. The molecule has 0 radical (unpaired) electrons. The summed E-state index contributed by atoms with van der Waals surface area (Å²) in [5.74, 6) is -1.04. The lowest BCUT2D eigenvalue weighted by atomic mass is 9.78. The molecule has 5 rings (SSSR count). The number of anilines is 1. The molecule has 1 aromatic carbocycles. The van der Waals surface area contributed by atoms with E-state index in [2.05, 4.69) is 13.0 Å². The van der Waals surface area contributed by atoms with Crippen molar-refractivity contribution in [3.63, 3.8) is 0 Å². The summed E-state index contributed by atoms with van der Waals surface area (Å²) < 4.78 is 4.71. The summed E-state index contributed by atoms with van der Waals surface area (Å²) in [6.45, 7) is 9.84. The highest BCUT2D eigenvalue weighted by molar-refractivity contribution is 8.02. The largest absolute Gasteiger partial charge is 0.494 e. The normalized spacial score (nSPS) is 29.9. The van der Waals surface area contributed by atoms with E-state index in [0.717, 1.165) is 30.7 Å². The molecular formula is C32H43N3O5S. The number of fused-ring (bicyclic) bond motifs is 2. The zero-order valence-electron chi connectivity index (χ0n) is 24.6. The minimum absolute atomic E-state index is 0.0562. The maximum atomic E-state index is 14.5. The van der Waals surface area contributed by atoms with E-state index in [1.807, 2.05) is 68.2 Å². The minimum atomic E-state index is -0.882. The molecule has 1 spiro atoms. The monoisotopic (exact) mass is 581 g/mol. The fraction of sp³-hybridized carbons (Fsp3) is 0.594. The van der Waals surface area contributed by atoms with Gasteiger partial charge in [0.15, 0.2) is 0 Å². The first-order chi connectivity index (χ1) is 19.8. The Morgan fingerprint density at radius 3 is 2.44 bits per heavy atom. The lowest BCUT2D eigenvalue weighted by Crippen LogP contribution is -2.57. The first-order valence-electron chi connectivity index (χ1n) is 15.1. The molecule has 1 N–H and O–H groups in total. The Bertz CT molecular complexity index is 1200. The molecule has 4 aliphatic rings. The SMILES string of the molecule is CCCCCN1CC=C[C@]23S[C@@H]4C=CCN(c5ccc(OCC)cc5)C(=O)[C@@H]4[C@H]2C(=O)N([C@@H](CO)C(C)C)C3C1=O. The van der Waals surface area contributed by atoms with Crippen LogP contribution < -0.4 is 9.64 Å². The van der Waals surface area contributed by atoms with Gasteiger partial charge in [0, 0.05) is 30.6 Å². The number of thioether (sulfide) groups is 1. The number of benzene rings is 1. The molecule has 6 atom stereocenters. The summed E-state index contributed by atoms with van der Waals surface area (Å²) in [5.41, 5.74) is 0.749. The molecule has 222 valence electrons. The molecule has 4 heterocycles. The molecule has 0 saturated carbocycles. The Morgan fingerprint density at radius 1 is 1.02 bits per heavy atom. The van der Waals surface area contributed by atoms with Crippen molar-refractivity contribution in [1.29, 1.82) is 0 Å². The van der Waals surface area contributed by atoms with Gasteiger partial charge in [-0.25, -0.2) is 0 Å². The van der Waals surface area contributed by atoms with E-state index in [1.54, 1.807) is 21.6 Å². The fourth-order valence-corrected chi connectivity index (χ4v) is 8.97. The van der Waals surface area contributed by atoms with Crippen LogP contribution in [0.4, 0.5) is 5.69 Å². The average Bonchev–Trinajstić information content (AvgIpc) is 3.27. The van der Waals surface area contributed by atoms with Crippen LogP contribution in [0, 0.1) is 17.8 Å². The standard InChI is InChI=1S/C32H43N3O5S/c1-5-7-8-17-33-18-10-16-32-27(30(38)35(28(32)31(33)39)24(20-36)21(3)4)26-25(41-32)11-9-19-34(29(26)37)22-12-14-23(15-13-22)40-6-2/h9-16,21,24-28,36H,5-8,17-20H2,1-4H3/t24-,25+,26-,27-,28?,32-/m0/s1. The number of aliphatic hydroxyl groups excluding tert-OH is 1. The molecule has 2 fully saturated rings. The van der Waals surface area contributed by atoms with Crippen molar-refractivity contribution in [1.82, 2.24) is 9.80 Å². The number of ether oxygens (including phenoxy) is 1. The highest BCUT2D eigenvalue weighted by Gasteiger charge is 2.71. The van der Waals surface area contributed by atoms with Gasteiger partial charge in [-0.3, -0.25) is 14.4 Å². The van der Waals surface area contributed by atoms with Crippen molar-refractivity contribution in [3.05, 3.63) is 48.6 Å². The summed E-state index contributed by atoms with van der Waals surface area (Å²) in [4.78, 5) is 48.5. The number of hydrogen-bond donors (Lipinski definition) is 1. The Morgan fingerprint density at radius 2 is 1.78 bits per heavy atom. The zero-order chi connectivity index (χ0) is 29.3. The van der Waals surface area contributed by atoms with Crippen molar-refractivity contribution in [2.75, 3.05) is 37.7 Å².